The number of halogens is 1. The van der Waals surface area contributed by atoms with Crippen LogP contribution >= 0.6 is 22.6 Å². The van der Waals surface area contributed by atoms with Crippen LogP contribution in [0.1, 0.15) is 5.56 Å². The lowest BCUT2D eigenvalue weighted by atomic mass is 10.2. The number of nitro groups is 1. The van der Waals surface area contributed by atoms with Crippen LogP contribution < -0.4 is 9.47 Å². The zero-order valence-electron chi connectivity index (χ0n) is 13.4. The van der Waals surface area contributed by atoms with Crippen LogP contribution in [0, 0.1) is 13.7 Å². The second-order valence-electron chi connectivity index (χ2n) is 4.90. The Hall–Kier alpha value is -2.89. The molecule has 0 atom stereocenters. The smallest absolute Gasteiger partial charge is 0.341 e. The maximum atomic E-state index is 10.8. The summed E-state index contributed by atoms with van der Waals surface area (Å²) < 4.78 is 11.0. The van der Waals surface area contributed by atoms with E-state index in [1.165, 1.54) is 25.5 Å². The fourth-order valence-corrected chi connectivity index (χ4v) is 2.74. The van der Waals surface area contributed by atoms with Crippen LogP contribution in [0.15, 0.2) is 35.3 Å². The van der Waals surface area contributed by atoms with Crippen molar-refractivity contribution in [2.45, 2.75) is 0 Å². The number of phenolic OH excluding ortho intramolecular Hbond substituents is 1. The molecule has 0 spiro atoms. The summed E-state index contributed by atoms with van der Waals surface area (Å²) in [6, 6.07) is 6.75. The summed E-state index contributed by atoms with van der Waals surface area (Å²) in [5.74, 6) is -0.724. The lowest BCUT2D eigenvalue weighted by molar-refractivity contribution is -0.384. The van der Waals surface area contributed by atoms with Gasteiger partial charge in [-0.25, -0.2) is 4.79 Å². The second-order valence-corrected chi connectivity index (χ2v) is 6.07. The van der Waals surface area contributed by atoms with Gasteiger partial charge in [0, 0.05) is 18.3 Å². The molecule has 0 heterocycles. The van der Waals surface area contributed by atoms with Gasteiger partial charge in [0.15, 0.2) is 18.1 Å². The highest BCUT2D eigenvalue weighted by atomic mass is 127. The monoisotopic (exact) mass is 472 g/mol. The van der Waals surface area contributed by atoms with E-state index >= 15 is 0 Å². The minimum atomic E-state index is -1.12. The highest BCUT2D eigenvalue weighted by Gasteiger charge is 2.13. The summed E-state index contributed by atoms with van der Waals surface area (Å²) in [4.78, 5) is 25.0. The molecule has 2 aromatic carbocycles. The highest BCUT2D eigenvalue weighted by Crippen LogP contribution is 2.34. The summed E-state index contributed by atoms with van der Waals surface area (Å²) in [5.41, 5.74) is 0.415. The number of phenols is 1. The molecule has 0 fully saturated rings. The molecule has 26 heavy (non-hydrogen) atoms. The number of nitro benzene ring substituents is 1. The first-order valence-electron chi connectivity index (χ1n) is 7.05. The largest absolute Gasteiger partial charge is 0.506 e. The number of aliphatic carboxylic acids is 1. The van der Waals surface area contributed by atoms with Gasteiger partial charge in [-0.15, -0.1) is 0 Å². The summed E-state index contributed by atoms with van der Waals surface area (Å²) >= 11 is 1.96. The van der Waals surface area contributed by atoms with Crippen molar-refractivity contribution in [2.24, 2.45) is 4.99 Å². The first-order valence-corrected chi connectivity index (χ1v) is 8.13. The number of hydrogen-bond acceptors (Lipinski definition) is 7. The Morgan fingerprint density at radius 2 is 2.12 bits per heavy atom. The number of rotatable bonds is 7. The Morgan fingerprint density at radius 3 is 2.73 bits per heavy atom. The predicted molar refractivity (Wildman–Crippen MR) is 101 cm³/mol. The number of carbonyl (C=O) groups is 1. The number of ether oxygens (including phenoxy) is 2. The molecular formula is C16H13IN2O7. The van der Waals surface area contributed by atoms with Gasteiger partial charge in [0.2, 0.25) is 0 Å². The fraction of sp³-hybridized carbons (Fsp3) is 0.125. The summed E-state index contributed by atoms with van der Waals surface area (Å²) in [6.07, 6.45) is 1.39. The van der Waals surface area contributed by atoms with E-state index in [0.717, 1.165) is 6.07 Å². The molecule has 0 aromatic heterocycles. The molecule has 0 unspecified atom stereocenters. The van der Waals surface area contributed by atoms with Crippen molar-refractivity contribution in [3.8, 4) is 17.2 Å². The Balaban J connectivity index is 2.34. The Labute approximate surface area is 161 Å². The van der Waals surface area contributed by atoms with Gasteiger partial charge in [-0.2, -0.15) is 0 Å². The van der Waals surface area contributed by atoms with Crippen LogP contribution in [0.4, 0.5) is 11.4 Å². The van der Waals surface area contributed by atoms with E-state index in [-0.39, 0.29) is 22.9 Å². The Bertz CT molecular complexity index is 883. The lowest BCUT2D eigenvalue weighted by Crippen LogP contribution is -2.11. The minimum absolute atomic E-state index is 0.0411. The van der Waals surface area contributed by atoms with Gasteiger partial charge in [0.05, 0.1) is 15.6 Å². The number of methoxy groups -OCH3 is 1. The quantitative estimate of drug-likeness (QED) is 0.274. The number of aromatic hydroxyl groups is 1. The van der Waals surface area contributed by atoms with Crippen molar-refractivity contribution in [2.75, 3.05) is 13.7 Å². The third-order valence-electron chi connectivity index (χ3n) is 3.11. The van der Waals surface area contributed by atoms with Gasteiger partial charge in [-0.3, -0.25) is 15.1 Å². The maximum absolute atomic E-state index is 10.8. The molecule has 0 bridgehead atoms. The standard InChI is InChI=1S/C16H13IN2O7/c1-25-14-5-9(4-11(17)16(14)26-8-15(21)22)7-18-12-6-10(19(23)24)2-3-13(12)20/h2-7,20H,8H2,1H3,(H,21,22). The molecule has 0 aliphatic heterocycles. The van der Waals surface area contributed by atoms with Gasteiger partial charge in [0.1, 0.15) is 11.4 Å². The third-order valence-corrected chi connectivity index (χ3v) is 3.92. The molecule has 0 amide bonds. The van der Waals surface area contributed by atoms with Crippen molar-refractivity contribution < 1.29 is 29.4 Å². The normalized spacial score (nSPS) is 10.7. The van der Waals surface area contributed by atoms with Crippen LogP contribution in [0.5, 0.6) is 17.2 Å². The lowest BCUT2D eigenvalue weighted by Gasteiger charge is -2.12. The van der Waals surface area contributed by atoms with Crippen molar-refractivity contribution in [3.05, 3.63) is 49.6 Å². The Kier molecular flexibility index (Phi) is 6.33. The minimum Gasteiger partial charge on any atom is -0.506 e. The van der Waals surface area contributed by atoms with Gasteiger partial charge in [-0.05, 0) is 46.4 Å². The molecule has 0 saturated carbocycles. The van der Waals surface area contributed by atoms with Crippen molar-refractivity contribution >= 4 is 46.1 Å². The SMILES string of the molecule is COc1cc(C=Nc2cc([N+](=O)[O-])ccc2O)cc(I)c1OCC(=O)O. The van der Waals surface area contributed by atoms with E-state index in [2.05, 4.69) is 4.99 Å². The van der Waals surface area contributed by atoms with Gasteiger partial charge in [-0.1, -0.05) is 0 Å². The van der Waals surface area contributed by atoms with Crippen LogP contribution in [0.25, 0.3) is 0 Å². The molecule has 0 saturated heterocycles. The van der Waals surface area contributed by atoms with E-state index in [1.54, 1.807) is 12.1 Å². The van der Waals surface area contributed by atoms with Crippen molar-refractivity contribution in [1.82, 2.24) is 0 Å². The highest BCUT2D eigenvalue weighted by molar-refractivity contribution is 14.1. The summed E-state index contributed by atoms with van der Waals surface area (Å²) in [7, 11) is 1.41. The number of nitrogens with zero attached hydrogens (tertiary/aromatic N) is 2. The number of carboxylic acid groups (broad SMARTS) is 1. The maximum Gasteiger partial charge on any atom is 0.341 e. The predicted octanol–water partition coefficient (Wildman–Crippen LogP) is 3.13. The van der Waals surface area contributed by atoms with E-state index in [0.29, 0.717) is 14.9 Å². The fourth-order valence-electron chi connectivity index (χ4n) is 1.96. The van der Waals surface area contributed by atoms with E-state index < -0.39 is 17.5 Å². The number of non-ortho nitro benzene ring substituents is 1. The van der Waals surface area contributed by atoms with Crippen LogP contribution in [-0.4, -0.2) is 41.0 Å². The van der Waals surface area contributed by atoms with E-state index in [9.17, 15) is 20.0 Å². The molecule has 2 rings (SSSR count). The van der Waals surface area contributed by atoms with Gasteiger partial charge in [0.25, 0.3) is 5.69 Å². The number of benzene rings is 2. The topological polar surface area (TPSA) is 131 Å². The molecule has 0 aliphatic rings. The molecular weight excluding hydrogens is 459 g/mol. The van der Waals surface area contributed by atoms with Crippen molar-refractivity contribution in [1.29, 1.82) is 0 Å². The molecule has 9 nitrogen and oxygen atoms in total. The van der Waals surface area contributed by atoms with Gasteiger partial charge >= 0.3 is 5.97 Å². The third kappa shape index (κ3) is 4.81. The number of carboxylic acids is 1. The van der Waals surface area contributed by atoms with Crippen LogP contribution in [0.2, 0.25) is 0 Å². The van der Waals surface area contributed by atoms with Crippen molar-refractivity contribution in [3.63, 3.8) is 0 Å². The molecule has 2 aromatic rings. The summed E-state index contributed by atoms with van der Waals surface area (Å²) in [5, 5.41) is 29.3. The van der Waals surface area contributed by atoms with Gasteiger partial charge < -0.3 is 19.7 Å². The first-order chi connectivity index (χ1) is 12.3. The molecule has 0 radical (unpaired) electrons. The Morgan fingerprint density at radius 1 is 1.38 bits per heavy atom. The molecule has 0 aliphatic carbocycles. The first kappa shape index (κ1) is 19.4. The van der Waals surface area contributed by atoms with Crippen LogP contribution in [0.3, 0.4) is 0 Å². The molecule has 10 heteroatoms. The second kappa shape index (κ2) is 8.47. The number of hydrogen-bond donors (Lipinski definition) is 2. The average Bonchev–Trinajstić information content (AvgIpc) is 2.59. The summed E-state index contributed by atoms with van der Waals surface area (Å²) in [6.45, 7) is -0.513. The van der Waals surface area contributed by atoms with Crippen LogP contribution in [-0.2, 0) is 4.79 Å². The zero-order chi connectivity index (χ0) is 19.3. The average molecular weight is 472 g/mol. The van der Waals surface area contributed by atoms with E-state index in [1.807, 2.05) is 22.6 Å². The molecule has 2 N–H and O–H groups in total. The van der Waals surface area contributed by atoms with E-state index in [4.69, 9.17) is 14.6 Å². The zero-order valence-corrected chi connectivity index (χ0v) is 15.5. The molecule has 136 valence electrons. The number of aliphatic imine (C=N–C) groups is 1.